The van der Waals surface area contributed by atoms with Crippen LogP contribution in [0.4, 0.5) is 0 Å². The van der Waals surface area contributed by atoms with Crippen molar-refractivity contribution in [2.75, 3.05) is 54.4 Å². The number of aromatic nitrogens is 2. The molecule has 166 valence electrons. The van der Waals surface area contributed by atoms with E-state index in [0.29, 0.717) is 46.3 Å². The lowest BCUT2D eigenvalue weighted by molar-refractivity contribution is 0.0944. The van der Waals surface area contributed by atoms with Crippen LogP contribution in [-0.4, -0.2) is 86.0 Å². The van der Waals surface area contributed by atoms with Crippen LogP contribution in [0.15, 0.2) is 36.4 Å². The van der Waals surface area contributed by atoms with Crippen molar-refractivity contribution in [1.29, 1.82) is 0 Å². The summed E-state index contributed by atoms with van der Waals surface area (Å²) in [5.41, 5.74) is 3.16. The van der Waals surface area contributed by atoms with E-state index in [0.717, 1.165) is 13.1 Å². The molecule has 0 atom stereocenters. The fourth-order valence-corrected chi connectivity index (χ4v) is 3.06. The summed E-state index contributed by atoms with van der Waals surface area (Å²) < 4.78 is 0. The van der Waals surface area contributed by atoms with Crippen LogP contribution in [0.5, 0.6) is 0 Å². The average Bonchev–Trinajstić information content (AvgIpc) is 2.70. The lowest BCUT2D eigenvalue weighted by atomic mass is 10.1. The zero-order valence-electron chi connectivity index (χ0n) is 18.3. The Labute approximate surface area is 188 Å². The first-order valence-electron chi connectivity index (χ1n) is 9.92. The van der Waals surface area contributed by atoms with E-state index in [4.69, 9.17) is 0 Å². The highest BCUT2D eigenvalue weighted by Gasteiger charge is 2.16. The third-order valence-electron chi connectivity index (χ3n) is 4.67. The summed E-state index contributed by atoms with van der Waals surface area (Å²) in [5, 5.41) is 5.83. The zero-order chi connectivity index (χ0) is 21.7. The Kier molecular flexibility index (Phi) is 8.67. The van der Waals surface area contributed by atoms with Crippen molar-refractivity contribution in [3.8, 4) is 0 Å². The fourth-order valence-electron chi connectivity index (χ4n) is 3.06. The summed E-state index contributed by atoms with van der Waals surface area (Å²) in [4.78, 5) is 38.7. The van der Waals surface area contributed by atoms with Crippen molar-refractivity contribution < 1.29 is 9.59 Å². The Morgan fingerprint density at radius 3 is 1.48 bits per heavy atom. The first-order chi connectivity index (χ1) is 14.4. The van der Waals surface area contributed by atoms with Crippen molar-refractivity contribution in [3.05, 3.63) is 47.5 Å². The van der Waals surface area contributed by atoms with E-state index in [2.05, 4.69) is 20.6 Å². The predicted molar refractivity (Wildman–Crippen MR) is 126 cm³/mol. The van der Waals surface area contributed by atoms with Crippen molar-refractivity contribution in [3.63, 3.8) is 0 Å². The van der Waals surface area contributed by atoms with Crippen LogP contribution in [-0.2, 0) is 0 Å². The van der Waals surface area contributed by atoms with Gasteiger partial charge in [-0.25, -0.2) is 9.97 Å². The van der Waals surface area contributed by atoms with Crippen molar-refractivity contribution in [1.82, 2.24) is 30.4 Å². The molecule has 0 bridgehead atoms. The first kappa shape index (κ1) is 24.5. The molecule has 2 aromatic carbocycles. The molecule has 0 unspecified atom stereocenters. The number of hydrogen-bond acceptors (Lipinski definition) is 6. The third kappa shape index (κ3) is 6.10. The monoisotopic (exact) mass is 444 g/mol. The van der Waals surface area contributed by atoms with Crippen LogP contribution in [0.1, 0.15) is 20.7 Å². The smallest absolute Gasteiger partial charge is 0.253 e. The minimum Gasteiger partial charge on any atom is -0.351 e. The number of nitrogens with one attached hydrogen (secondary N) is 2. The Hall–Kier alpha value is -2.81. The lowest BCUT2D eigenvalue weighted by Gasteiger charge is -2.13. The number of halogens is 1. The van der Waals surface area contributed by atoms with Gasteiger partial charge in [0.25, 0.3) is 11.8 Å². The van der Waals surface area contributed by atoms with Gasteiger partial charge in [-0.3, -0.25) is 9.59 Å². The zero-order valence-corrected chi connectivity index (χ0v) is 19.1. The number of carbonyl (C=O) groups is 2. The van der Waals surface area contributed by atoms with Gasteiger partial charge in [-0.05, 0) is 52.5 Å². The molecular formula is C22H29ClN6O2. The SMILES string of the molecule is CN(C)CCNC(=O)c1cccc2nc3c(C(=O)NCCN(C)C)cccc3nc12.Cl. The maximum absolute atomic E-state index is 12.7. The van der Waals surface area contributed by atoms with Gasteiger partial charge in [-0.1, -0.05) is 12.1 Å². The second-order valence-electron chi connectivity index (χ2n) is 7.69. The number of amides is 2. The number of benzene rings is 2. The van der Waals surface area contributed by atoms with Gasteiger partial charge in [-0.2, -0.15) is 0 Å². The van der Waals surface area contributed by atoms with Gasteiger partial charge in [0.05, 0.1) is 22.2 Å². The molecule has 0 radical (unpaired) electrons. The number of nitrogens with zero attached hydrogens (tertiary/aromatic N) is 4. The maximum atomic E-state index is 12.7. The van der Waals surface area contributed by atoms with Gasteiger partial charge in [0.15, 0.2) is 0 Å². The number of likely N-dealkylation sites (N-methyl/N-ethyl adjacent to an activating group) is 2. The van der Waals surface area contributed by atoms with Crippen molar-refractivity contribution >= 4 is 46.3 Å². The molecule has 3 aromatic rings. The number of fused-ring (bicyclic) bond motifs is 2. The third-order valence-corrected chi connectivity index (χ3v) is 4.67. The maximum Gasteiger partial charge on any atom is 0.253 e. The van der Waals surface area contributed by atoms with Crippen LogP contribution in [0.3, 0.4) is 0 Å². The largest absolute Gasteiger partial charge is 0.351 e. The highest BCUT2D eigenvalue weighted by molar-refractivity contribution is 6.09. The molecule has 0 aliphatic heterocycles. The van der Waals surface area contributed by atoms with E-state index in [1.165, 1.54) is 0 Å². The molecule has 0 fully saturated rings. The van der Waals surface area contributed by atoms with Gasteiger partial charge < -0.3 is 20.4 Å². The van der Waals surface area contributed by atoms with Gasteiger partial charge in [0, 0.05) is 26.2 Å². The molecular weight excluding hydrogens is 416 g/mol. The molecule has 0 spiro atoms. The van der Waals surface area contributed by atoms with Crippen LogP contribution in [0, 0.1) is 0 Å². The minimum atomic E-state index is -0.186. The van der Waals surface area contributed by atoms with Gasteiger partial charge in [0.1, 0.15) is 11.0 Å². The predicted octanol–water partition coefficient (Wildman–Crippen LogP) is 1.79. The van der Waals surface area contributed by atoms with E-state index in [1.807, 2.05) is 38.0 Å². The quantitative estimate of drug-likeness (QED) is 0.515. The Morgan fingerprint density at radius 1 is 0.742 bits per heavy atom. The summed E-state index contributed by atoms with van der Waals surface area (Å²) in [6.45, 7) is 2.58. The second kappa shape index (κ2) is 11.0. The van der Waals surface area contributed by atoms with E-state index in [9.17, 15) is 9.59 Å². The summed E-state index contributed by atoms with van der Waals surface area (Å²) in [6, 6.07) is 10.7. The second-order valence-corrected chi connectivity index (χ2v) is 7.69. The van der Waals surface area contributed by atoms with Crippen LogP contribution in [0.2, 0.25) is 0 Å². The number of rotatable bonds is 8. The van der Waals surface area contributed by atoms with Crippen molar-refractivity contribution in [2.24, 2.45) is 0 Å². The first-order valence-corrected chi connectivity index (χ1v) is 9.92. The molecule has 0 aliphatic carbocycles. The van der Waals surface area contributed by atoms with Crippen LogP contribution in [0.25, 0.3) is 22.1 Å². The molecule has 1 heterocycles. The molecule has 31 heavy (non-hydrogen) atoms. The van der Waals surface area contributed by atoms with E-state index in [1.54, 1.807) is 36.4 Å². The highest BCUT2D eigenvalue weighted by atomic mass is 35.5. The van der Waals surface area contributed by atoms with Crippen molar-refractivity contribution in [2.45, 2.75) is 0 Å². The number of carbonyl (C=O) groups excluding carboxylic acids is 2. The molecule has 3 rings (SSSR count). The highest BCUT2D eigenvalue weighted by Crippen LogP contribution is 2.22. The Bertz CT molecular complexity index is 985. The molecule has 0 aliphatic rings. The normalized spacial score (nSPS) is 11.0. The van der Waals surface area contributed by atoms with Gasteiger partial charge in [-0.15, -0.1) is 12.4 Å². The molecule has 0 saturated heterocycles. The summed E-state index contributed by atoms with van der Waals surface area (Å²) in [6.07, 6.45) is 0. The Morgan fingerprint density at radius 2 is 1.13 bits per heavy atom. The standard InChI is InChI=1S/C22H28N6O2.ClH/c1-27(2)13-11-23-21(29)15-7-5-9-17-19(15)25-18-10-6-8-16(20(18)26-17)22(30)24-12-14-28(3)4;/h5-10H,11-14H2,1-4H3,(H,23,29)(H,24,30);1H. The molecule has 2 amide bonds. The molecule has 1 aromatic heterocycles. The number of hydrogen-bond donors (Lipinski definition) is 2. The summed E-state index contributed by atoms with van der Waals surface area (Å²) in [5.74, 6) is -0.373. The van der Waals surface area contributed by atoms with Gasteiger partial charge in [0.2, 0.25) is 0 Å². The van der Waals surface area contributed by atoms with E-state index < -0.39 is 0 Å². The lowest BCUT2D eigenvalue weighted by Crippen LogP contribution is -2.31. The summed E-state index contributed by atoms with van der Waals surface area (Å²) in [7, 11) is 7.82. The van der Waals surface area contributed by atoms with Crippen LogP contribution >= 0.6 is 12.4 Å². The molecule has 8 nitrogen and oxygen atoms in total. The Balaban J connectivity index is 0.00000341. The van der Waals surface area contributed by atoms with Gasteiger partial charge >= 0.3 is 0 Å². The molecule has 9 heteroatoms. The minimum absolute atomic E-state index is 0. The van der Waals surface area contributed by atoms with E-state index in [-0.39, 0.29) is 24.2 Å². The molecule has 2 N–H and O–H groups in total. The summed E-state index contributed by atoms with van der Waals surface area (Å²) >= 11 is 0. The molecule has 0 saturated carbocycles. The van der Waals surface area contributed by atoms with E-state index >= 15 is 0 Å². The van der Waals surface area contributed by atoms with Crippen LogP contribution < -0.4 is 10.6 Å². The fraction of sp³-hybridized carbons (Fsp3) is 0.364. The average molecular weight is 445 g/mol. The number of para-hydroxylation sites is 2. The topological polar surface area (TPSA) is 90.5 Å².